The van der Waals surface area contributed by atoms with Crippen molar-refractivity contribution >= 4 is 11.1 Å². The van der Waals surface area contributed by atoms with Crippen LogP contribution in [0.5, 0.6) is 0 Å². The number of H-pyrrole nitrogens is 1. The summed E-state index contributed by atoms with van der Waals surface area (Å²) in [5.74, 6) is 0.517. The lowest BCUT2D eigenvalue weighted by Gasteiger charge is -2.18. The smallest absolute Gasteiger partial charge is 0.408 e. The van der Waals surface area contributed by atoms with Crippen LogP contribution in [0.4, 0.5) is 0 Å². The van der Waals surface area contributed by atoms with Gasteiger partial charge in [-0.25, -0.2) is 4.79 Å². The number of hydrogen-bond acceptors (Lipinski definition) is 3. The SMILES string of the molecule is CNC(CCC1CCCC1)c1ccc2[nH]c(=O)oc2c1. The summed E-state index contributed by atoms with van der Waals surface area (Å²) in [6.45, 7) is 0. The molecule has 4 nitrogen and oxygen atoms in total. The molecular weight excluding hydrogens is 252 g/mol. The molecule has 1 unspecified atom stereocenters. The highest BCUT2D eigenvalue weighted by Gasteiger charge is 2.18. The van der Waals surface area contributed by atoms with Gasteiger partial charge in [-0.3, -0.25) is 4.98 Å². The molecule has 4 heteroatoms. The van der Waals surface area contributed by atoms with Gasteiger partial charge in [0.1, 0.15) is 0 Å². The van der Waals surface area contributed by atoms with E-state index in [1.54, 1.807) is 0 Å². The Balaban J connectivity index is 1.73. The molecule has 0 aliphatic heterocycles. The summed E-state index contributed by atoms with van der Waals surface area (Å²) in [5, 5.41) is 3.38. The van der Waals surface area contributed by atoms with Crippen molar-refractivity contribution in [2.45, 2.75) is 44.6 Å². The van der Waals surface area contributed by atoms with Crippen molar-refractivity contribution in [3.05, 3.63) is 34.3 Å². The van der Waals surface area contributed by atoms with Crippen LogP contribution in [0.2, 0.25) is 0 Å². The van der Waals surface area contributed by atoms with E-state index in [4.69, 9.17) is 4.42 Å². The molecular formula is C16H22N2O2. The maximum absolute atomic E-state index is 11.2. The molecule has 20 heavy (non-hydrogen) atoms. The Morgan fingerprint density at radius 1 is 1.40 bits per heavy atom. The van der Waals surface area contributed by atoms with E-state index in [2.05, 4.69) is 16.4 Å². The van der Waals surface area contributed by atoms with Crippen LogP contribution < -0.4 is 11.1 Å². The Morgan fingerprint density at radius 3 is 2.95 bits per heavy atom. The average molecular weight is 274 g/mol. The fourth-order valence-corrected chi connectivity index (χ4v) is 3.36. The van der Waals surface area contributed by atoms with Gasteiger partial charge in [-0.2, -0.15) is 0 Å². The minimum absolute atomic E-state index is 0.334. The number of benzene rings is 1. The van der Waals surface area contributed by atoms with Crippen LogP contribution >= 0.6 is 0 Å². The van der Waals surface area contributed by atoms with Gasteiger partial charge in [0.25, 0.3) is 0 Å². The van der Waals surface area contributed by atoms with Gasteiger partial charge in [-0.05, 0) is 43.5 Å². The van der Waals surface area contributed by atoms with E-state index in [0.717, 1.165) is 17.9 Å². The third-order valence-corrected chi connectivity index (χ3v) is 4.53. The molecule has 1 aromatic heterocycles. The Labute approximate surface area is 118 Å². The van der Waals surface area contributed by atoms with Crippen molar-refractivity contribution in [1.82, 2.24) is 10.3 Å². The lowest BCUT2D eigenvalue weighted by Crippen LogP contribution is -2.17. The summed E-state index contributed by atoms with van der Waals surface area (Å²) in [6, 6.07) is 6.31. The topological polar surface area (TPSA) is 58.0 Å². The van der Waals surface area contributed by atoms with E-state index >= 15 is 0 Å². The molecule has 2 aromatic rings. The third-order valence-electron chi connectivity index (χ3n) is 4.53. The Hall–Kier alpha value is -1.55. The maximum Gasteiger partial charge on any atom is 0.417 e. The number of aromatic nitrogens is 1. The molecule has 1 atom stereocenters. The summed E-state index contributed by atoms with van der Waals surface area (Å²) in [5.41, 5.74) is 2.61. The normalized spacial score (nSPS) is 17.9. The fourth-order valence-electron chi connectivity index (χ4n) is 3.36. The average Bonchev–Trinajstić information content (AvgIpc) is 3.07. The van der Waals surface area contributed by atoms with Gasteiger partial charge < -0.3 is 9.73 Å². The molecule has 1 saturated carbocycles. The largest absolute Gasteiger partial charge is 0.417 e. The van der Waals surface area contributed by atoms with Gasteiger partial charge in [0.05, 0.1) is 5.52 Å². The first-order valence-corrected chi connectivity index (χ1v) is 7.56. The highest BCUT2D eigenvalue weighted by molar-refractivity contribution is 5.72. The van der Waals surface area contributed by atoms with Crippen molar-refractivity contribution in [3.8, 4) is 0 Å². The molecule has 0 saturated heterocycles. The lowest BCUT2D eigenvalue weighted by atomic mass is 9.95. The number of nitrogens with one attached hydrogen (secondary N) is 2. The van der Waals surface area contributed by atoms with Gasteiger partial charge in [-0.15, -0.1) is 0 Å². The summed E-state index contributed by atoms with van der Waals surface area (Å²) in [4.78, 5) is 13.9. The van der Waals surface area contributed by atoms with Crippen molar-refractivity contribution in [3.63, 3.8) is 0 Å². The van der Waals surface area contributed by atoms with E-state index in [-0.39, 0.29) is 5.76 Å². The zero-order valence-corrected chi connectivity index (χ0v) is 11.9. The molecule has 0 bridgehead atoms. The highest BCUT2D eigenvalue weighted by atomic mass is 16.4. The van der Waals surface area contributed by atoms with E-state index in [0.29, 0.717) is 11.6 Å². The van der Waals surface area contributed by atoms with Crippen molar-refractivity contribution in [2.75, 3.05) is 7.05 Å². The van der Waals surface area contributed by atoms with Crippen LogP contribution in [0, 0.1) is 5.92 Å². The van der Waals surface area contributed by atoms with E-state index < -0.39 is 0 Å². The molecule has 0 amide bonds. The predicted octanol–water partition coefficient (Wildman–Crippen LogP) is 3.35. The maximum atomic E-state index is 11.2. The second-order valence-electron chi connectivity index (χ2n) is 5.84. The summed E-state index contributed by atoms with van der Waals surface area (Å²) in [6.07, 6.45) is 8.00. The molecule has 1 aliphatic carbocycles. The number of aromatic amines is 1. The second kappa shape index (κ2) is 5.83. The van der Waals surface area contributed by atoms with Gasteiger partial charge in [0, 0.05) is 6.04 Å². The third kappa shape index (κ3) is 2.80. The molecule has 1 aliphatic rings. The Bertz CT molecular complexity index is 623. The van der Waals surface area contributed by atoms with Crippen molar-refractivity contribution in [2.24, 2.45) is 5.92 Å². The van der Waals surface area contributed by atoms with Crippen molar-refractivity contribution in [1.29, 1.82) is 0 Å². The van der Waals surface area contributed by atoms with Crippen molar-refractivity contribution < 1.29 is 4.42 Å². The quantitative estimate of drug-likeness (QED) is 0.879. The van der Waals surface area contributed by atoms with Gasteiger partial charge in [0.15, 0.2) is 5.58 Å². The molecule has 0 spiro atoms. The highest BCUT2D eigenvalue weighted by Crippen LogP contribution is 2.31. The lowest BCUT2D eigenvalue weighted by molar-refractivity contribution is 0.427. The van der Waals surface area contributed by atoms with Gasteiger partial charge >= 0.3 is 5.76 Å². The van der Waals surface area contributed by atoms with Crippen LogP contribution in [-0.4, -0.2) is 12.0 Å². The predicted molar refractivity (Wildman–Crippen MR) is 79.8 cm³/mol. The van der Waals surface area contributed by atoms with Crippen LogP contribution in [0.15, 0.2) is 27.4 Å². The Kier molecular flexibility index (Phi) is 3.92. The summed E-state index contributed by atoms with van der Waals surface area (Å²) >= 11 is 0. The minimum atomic E-state index is -0.385. The van der Waals surface area contributed by atoms with E-state index in [1.807, 2.05) is 19.2 Å². The van der Waals surface area contributed by atoms with Crippen LogP contribution in [0.3, 0.4) is 0 Å². The zero-order valence-electron chi connectivity index (χ0n) is 11.9. The first-order valence-electron chi connectivity index (χ1n) is 7.56. The Morgan fingerprint density at radius 2 is 2.20 bits per heavy atom. The monoisotopic (exact) mass is 274 g/mol. The summed E-state index contributed by atoms with van der Waals surface area (Å²) in [7, 11) is 2.00. The van der Waals surface area contributed by atoms with E-state index in [9.17, 15) is 4.79 Å². The van der Waals surface area contributed by atoms with Crippen LogP contribution in [0.1, 0.15) is 50.1 Å². The standard InChI is InChI=1S/C16H22N2O2/c1-17-13(8-6-11-4-2-3-5-11)12-7-9-14-15(10-12)20-16(19)18-14/h7,9-11,13,17H,2-6,8H2,1H3,(H,18,19). The molecule has 1 fully saturated rings. The van der Waals surface area contributed by atoms with Gasteiger partial charge in [-0.1, -0.05) is 31.7 Å². The molecule has 0 radical (unpaired) electrons. The van der Waals surface area contributed by atoms with Gasteiger partial charge in [0.2, 0.25) is 0 Å². The number of rotatable bonds is 5. The molecule has 108 valence electrons. The zero-order chi connectivity index (χ0) is 13.9. The number of fused-ring (bicyclic) bond motifs is 1. The molecule has 1 aromatic carbocycles. The first-order chi connectivity index (χ1) is 9.76. The first kappa shape index (κ1) is 13.4. The number of oxazole rings is 1. The van der Waals surface area contributed by atoms with E-state index in [1.165, 1.54) is 37.7 Å². The molecule has 1 heterocycles. The number of hydrogen-bond donors (Lipinski definition) is 2. The van der Waals surface area contributed by atoms with Crippen LogP contribution in [0.25, 0.3) is 11.1 Å². The minimum Gasteiger partial charge on any atom is -0.408 e. The molecule has 3 rings (SSSR count). The second-order valence-corrected chi connectivity index (χ2v) is 5.84. The fraction of sp³-hybridized carbons (Fsp3) is 0.562. The molecule has 2 N–H and O–H groups in total. The van der Waals surface area contributed by atoms with Crippen LogP contribution in [-0.2, 0) is 0 Å². The summed E-state index contributed by atoms with van der Waals surface area (Å²) < 4.78 is 5.14.